The normalized spacial score (nSPS) is 13.1. The third-order valence-electron chi connectivity index (χ3n) is 2.98. The summed E-state index contributed by atoms with van der Waals surface area (Å²) in [5.41, 5.74) is 0.893. The van der Waals surface area contributed by atoms with E-state index in [4.69, 9.17) is 0 Å². The lowest BCUT2D eigenvalue weighted by atomic mass is 10.1. The SMILES string of the molecule is CC(NCCc1ncc[nH]1)c1ccc(OC(F)(F)F)cc1. The Labute approximate surface area is 120 Å². The highest BCUT2D eigenvalue weighted by Crippen LogP contribution is 2.24. The maximum absolute atomic E-state index is 12.1. The minimum absolute atomic E-state index is 0.0277. The fraction of sp³-hybridized carbons (Fsp3) is 0.357. The van der Waals surface area contributed by atoms with E-state index in [1.807, 2.05) is 6.92 Å². The molecule has 0 aliphatic carbocycles. The summed E-state index contributed by atoms with van der Waals surface area (Å²) in [7, 11) is 0. The lowest BCUT2D eigenvalue weighted by molar-refractivity contribution is -0.274. The van der Waals surface area contributed by atoms with E-state index >= 15 is 0 Å². The first-order valence-corrected chi connectivity index (χ1v) is 6.51. The number of hydrogen-bond acceptors (Lipinski definition) is 3. The molecule has 0 aliphatic heterocycles. The topological polar surface area (TPSA) is 49.9 Å². The van der Waals surface area contributed by atoms with Crippen molar-refractivity contribution in [3.05, 3.63) is 48.0 Å². The molecule has 0 saturated heterocycles. The van der Waals surface area contributed by atoms with Gasteiger partial charge in [0.25, 0.3) is 0 Å². The van der Waals surface area contributed by atoms with Crippen molar-refractivity contribution in [2.75, 3.05) is 6.54 Å². The van der Waals surface area contributed by atoms with Gasteiger partial charge in [-0.25, -0.2) is 4.98 Å². The van der Waals surface area contributed by atoms with Gasteiger partial charge in [0.2, 0.25) is 0 Å². The van der Waals surface area contributed by atoms with Gasteiger partial charge in [-0.2, -0.15) is 0 Å². The highest BCUT2D eigenvalue weighted by Gasteiger charge is 2.30. The molecule has 1 heterocycles. The van der Waals surface area contributed by atoms with Crippen LogP contribution in [0.1, 0.15) is 24.4 Å². The van der Waals surface area contributed by atoms with E-state index < -0.39 is 6.36 Å². The van der Waals surface area contributed by atoms with E-state index in [0.29, 0.717) is 0 Å². The Morgan fingerprint density at radius 2 is 2.00 bits per heavy atom. The number of aromatic amines is 1. The summed E-state index contributed by atoms with van der Waals surface area (Å²) < 4.78 is 40.0. The van der Waals surface area contributed by atoms with Crippen molar-refractivity contribution in [1.82, 2.24) is 15.3 Å². The van der Waals surface area contributed by atoms with Gasteiger partial charge in [0.15, 0.2) is 0 Å². The summed E-state index contributed by atoms with van der Waals surface area (Å²) in [6.45, 7) is 2.66. The van der Waals surface area contributed by atoms with Crippen LogP contribution in [0.2, 0.25) is 0 Å². The van der Waals surface area contributed by atoms with Gasteiger partial charge >= 0.3 is 6.36 Å². The molecule has 0 spiro atoms. The van der Waals surface area contributed by atoms with Gasteiger partial charge in [0, 0.05) is 31.4 Å². The van der Waals surface area contributed by atoms with Gasteiger partial charge in [-0.05, 0) is 24.6 Å². The van der Waals surface area contributed by atoms with Crippen molar-refractivity contribution in [3.63, 3.8) is 0 Å². The monoisotopic (exact) mass is 299 g/mol. The van der Waals surface area contributed by atoms with E-state index in [2.05, 4.69) is 20.0 Å². The number of imidazole rings is 1. The van der Waals surface area contributed by atoms with E-state index in [0.717, 1.165) is 24.4 Å². The molecule has 1 aromatic carbocycles. The van der Waals surface area contributed by atoms with E-state index in [1.54, 1.807) is 24.5 Å². The second-order valence-corrected chi connectivity index (χ2v) is 4.58. The van der Waals surface area contributed by atoms with Crippen LogP contribution in [0.4, 0.5) is 13.2 Å². The number of ether oxygens (including phenoxy) is 1. The maximum atomic E-state index is 12.1. The van der Waals surface area contributed by atoms with Crippen molar-refractivity contribution in [2.45, 2.75) is 25.7 Å². The van der Waals surface area contributed by atoms with Gasteiger partial charge < -0.3 is 15.0 Å². The first-order chi connectivity index (χ1) is 9.94. The number of hydrogen-bond donors (Lipinski definition) is 2. The number of nitrogens with one attached hydrogen (secondary N) is 2. The van der Waals surface area contributed by atoms with Crippen molar-refractivity contribution >= 4 is 0 Å². The molecule has 2 aromatic rings. The lowest BCUT2D eigenvalue weighted by Crippen LogP contribution is -2.22. The fourth-order valence-electron chi connectivity index (χ4n) is 1.92. The van der Waals surface area contributed by atoms with Crippen LogP contribution in [0.15, 0.2) is 36.7 Å². The second-order valence-electron chi connectivity index (χ2n) is 4.58. The number of alkyl halides is 3. The Kier molecular flexibility index (Phi) is 4.85. The Balaban J connectivity index is 1.83. The van der Waals surface area contributed by atoms with Crippen molar-refractivity contribution in [2.24, 2.45) is 0 Å². The van der Waals surface area contributed by atoms with Gasteiger partial charge in [0.1, 0.15) is 11.6 Å². The smallest absolute Gasteiger partial charge is 0.406 e. The largest absolute Gasteiger partial charge is 0.573 e. The molecule has 0 amide bonds. The molecule has 1 aromatic heterocycles. The van der Waals surface area contributed by atoms with Crippen LogP contribution >= 0.6 is 0 Å². The first kappa shape index (κ1) is 15.4. The molecular weight excluding hydrogens is 283 g/mol. The highest BCUT2D eigenvalue weighted by atomic mass is 19.4. The number of nitrogens with zero attached hydrogens (tertiary/aromatic N) is 1. The van der Waals surface area contributed by atoms with Crippen molar-refractivity contribution in [3.8, 4) is 5.75 Å². The zero-order chi connectivity index (χ0) is 15.3. The lowest BCUT2D eigenvalue weighted by Gasteiger charge is -2.15. The number of aromatic nitrogens is 2. The summed E-state index contributed by atoms with van der Waals surface area (Å²) >= 11 is 0. The molecule has 0 fully saturated rings. The summed E-state index contributed by atoms with van der Waals surface area (Å²) in [6, 6.07) is 5.89. The molecule has 0 aliphatic rings. The van der Waals surface area contributed by atoms with Gasteiger partial charge in [-0.3, -0.25) is 0 Å². The summed E-state index contributed by atoms with van der Waals surface area (Å²) in [5.74, 6) is 0.678. The van der Waals surface area contributed by atoms with E-state index in [-0.39, 0.29) is 11.8 Å². The molecule has 114 valence electrons. The second kappa shape index (κ2) is 6.62. The first-order valence-electron chi connectivity index (χ1n) is 6.51. The van der Waals surface area contributed by atoms with Crippen LogP contribution in [0, 0.1) is 0 Å². The molecule has 1 atom stereocenters. The van der Waals surface area contributed by atoms with Crippen LogP contribution in [-0.2, 0) is 6.42 Å². The minimum atomic E-state index is -4.66. The quantitative estimate of drug-likeness (QED) is 0.861. The molecule has 2 rings (SSSR count). The summed E-state index contributed by atoms with van der Waals surface area (Å²) in [5, 5.41) is 3.28. The minimum Gasteiger partial charge on any atom is -0.406 e. The predicted molar refractivity (Wildman–Crippen MR) is 71.8 cm³/mol. The Morgan fingerprint density at radius 1 is 1.29 bits per heavy atom. The summed E-state index contributed by atoms with van der Waals surface area (Å²) in [4.78, 5) is 7.12. The number of rotatable bonds is 6. The molecule has 0 bridgehead atoms. The van der Waals surface area contributed by atoms with Crippen molar-refractivity contribution in [1.29, 1.82) is 0 Å². The Bertz CT molecular complexity index is 538. The Hall–Kier alpha value is -2.02. The number of benzene rings is 1. The van der Waals surface area contributed by atoms with Crippen LogP contribution in [0.5, 0.6) is 5.75 Å². The van der Waals surface area contributed by atoms with Gasteiger partial charge in [-0.15, -0.1) is 13.2 Å². The molecule has 2 N–H and O–H groups in total. The van der Waals surface area contributed by atoms with E-state index in [1.165, 1.54) is 12.1 Å². The predicted octanol–water partition coefficient (Wildman–Crippen LogP) is 3.20. The van der Waals surface area contributed by atoms with Crippen LogP contribution < -0.4 is 10.1 Å². The maximum Gasteiger partial charge on any atom is 0.573 e. The number of halogens is 3. The molecular formula is C14H16F3N3O. The van der Waals surface area contributed by atoms with Gasteiger partial charge in [-0.1, -0.05) is 12.1 Å². The molecule has 21 heavy (non-hydrogen) atoms. The third-order valence-corrected chi connectivity index (χ3v) is 2.98. The van der Waals surface area contributed by atoms with Crippen LogP contribution in [0.3, 0.4) is 0 Å². The standard InChI is InChI=1S/C14H16F3N3O/c1-10(18-7-6-13-19-8-9-20-13)11-2-4-12(5-3-11)21-14(15,16)17/h2-5,8-10,18H,6-7H2,1H3,(H,19,20). The van der Waals surface area contributed by atoms with Crippen LogP contribution in [-0.4, -0.2) is 22.9 Å². The van der Waals surface area contributed by atoms with Crippen molar-refractivity contribution < 1.29 is 17.9 Å². The molecule has 4 nitrogen and oxygen atoms in total. The Morgan fingerprint density at radius 3 is 2.57 bits per heavy atom. The van der Waals surface area contributed by atoms with Gasteiger partial charge in [0.05, 0.1) is 0 Å². The average Bonchev–Trinajstić information content (AvgIpc) is 2.91. The zero-order valence-electron chi connectivity index (χ0n) is 11.4. The highest BCUT2D eigenvalue weighted by molar-refractivity contribution is 5.29. The fourth-order valence-corrected chi connectivity index (χ4v) is 1.92. The number of H-pyrrole nitrogens is 1. The van der Waals surface area contributed by atoms with Crippen LogP contribution in [0.25, 0.3) is 0 Å². The molecule has 0 radical (unpaired) electrons. The molecule has 0 saturated carbocycles. The average molecular weight is 299 g/mol. The molecule has 7 heteroatoms. The third kappa shape index (κ3) is 5.11. The summed E-state index contributed by atoms with van der Waals surface area (Å²) in [6.07, 6.45) is -0.447. The molecule has 1 unspecified atom stereocenters. The zero-order valence-corrected chi connectivity index (χ0v) is 11.4. The van der Waals surface area contributed by atoms with E-state index in [9.17, 15) is 13.2 Å².